The molecule has 0 bridgehead atoms. The lowest BCUT2D eigenvalue weighted by molar-refractivity contribution is -0.146. The lowest BCUT2D eigenvalue weighted by atomic mass is 9.92. The largest absolute Gasteiger partial charge is 0.469 e. The number of carbonyl (C=O) groups excluding carboxylic acids is 1. The molecule has 0 saturated heterocycles. The standard InChI is InChI=1S/C22H29O2P/c1-4-18(16-19(5-2)22(23)24-3)17-25(20-12-8-6-9-13-20)21-14-10-7-11-15-21/h6-15,18-19H,4-5,16-17H2,1-3H3. The maximum Gasteiger partial charge on any atom is 0.308 e. The molecule has 0 N–H and O–H groups in total. The molecule has 25 heavy (non-hydrogen) atoms. The molecule has 0 aliphatic carbocycles. The van der Waals surface area contributed by atoms with Crippen LogP contribution in [0.1, 0.15) is 33.1 Å². The molecule has 0 aromatic heterocycles. The molecule has 2 nitrogen and oxygen atoms in total. The van der Waals surface area contributed by atoms with Gasteiger partial charge in [-0.25, -0.2) is 0 Å². The van der Waals surface area contributed by atoms with Crippen LogP contribution >= 0.6 is 7.92 Å². The fourth-order valence-electron chi connectivity index (χ4n) is 3.20. The Morgan fingerprint density at radius 2 is 1.44 bits per heavy atom. The van der Waals surface area contributed by atoms with E-state index in [2.05, 4.69) is 74.5 Å². The molecule has 2 rings (SSSR count). The monoisotopic (exact) mass is 356 g/mol. The second-order valence-corrected chi connectivity index (χ2v) is 8.67. The van der Waals surface area contributed by atoms with E-state index in [1.165, 1.54) is 17.7 Å². The maximum absolute atomic E-state index is 12.0. The highest BCUT2D eigenvalue weighted by molar-refractivity contribution is 7.73. The predicted octanol–water partition coefficient (Wildman–Crippen LogP) is 4.73. The second-order valence-electron chi connectivity index (χ2n) is 6.42. The highest BCUT2D eigenvalue weighted by Crippen LogP contribution is 2.38. The van der Waals surface area contributed by atoms with Gasteiger partial charge < -0.3 is 4.74 Å². The van der Waals surface area contributed by atoms with Crippen molar-refractivity contribution in [1.29, 1.82) is 0 Å². The molecule has 0 saturated carbocycles. The molecule has 0 aliphatic rings. The molecular formula is C22H29O2P. The van der Waals surface area contributed by atoms with E-state index in [0.29, 0.717) is 5.92 Å². The van der Waals surface area contributed by atoms with Crippen LogP contribution < -0.4 is 10.6 Å². The zero-order valence-corrected chi connectivity index (χ0v) is 16.4. The molecule has 0 aliphatic heterocycles. The van der Waals surface area contributed by atoms with Crippen molar-refractivity contribution >= 4 is 24.5 Å². The van der Waals surface area contributed by atoms with Crippen LogP contribution in [0.25, 0.3) is 0 Å². The van der Waals surface area contributed by atoms with Crippen LogP contribution in [0.5, 0.6) is 0 Å². The number of ether oxygens (including phenoxy) is 1. The molecule has 2 aromatic carbocycles. The van der Waals surface area contributed by atoms with Gasteiger partial charge in [0, 0.05) is 0 Å². The molecular weight excluding hydrogens is 327 g/mol. The molecule has 2 atom stereocenters. The third-order valence-electron chi connectivity index (χ3n) is 4.80. The minimum atomic E-state index is -0.407. The Morgan fingerprint density at radius 1 is 0.920 bits per heavy atom. The Labute approximate surface area is 153 Å². The summed E-state index contributed by atoms with van der Waals surface area (Å²) in [5, 5.41) is 2.82. The van der Waals surface area contributed by atoms with Crippen molar-refractivity contribution in [3.05, 3.63) is 60.7 Å². The van der Waals surface area contributed by atoms with E-state index in [1.807, 2.05) is 0 Å². The van der Waals surface area contributed by atoms with E-state index >= 15 is 0 Å². The summed E-state index contributed by atoms with van der Waals surface area (Å²) in [6, 6.07) is 21.6. The maximum atomic E-state index is 12.0. The van der Waals surface area contributed by atoms with E-state index in [4.69, 9.17) is 4.74 Å². The van der Waals surface area contributed by atoms with Crippen LogP contribution in [0.4, 0.5) is 0 Å². The normalized spacial score (nSPS) is 13.4. The summed E-state index contributed by atoms with van der Waals surface area (Å²) in [7, 11) is 1.09. The van der Waals surface area contributed by atoms with Gasteiger partial charge in [-0.15, -0.1) is 0 Å². The molecule has 0 spiro atoms. The molecule has 0 amide bonds. The lowest BCUT2D eigenvalue weighted by Crippen LogP contribution is -2.23. The van der Waals surface area contributed by atoms with Gasteiger partial charge in [0.05, 0.1) is 13.0 Å². The van der Waals surface area contributed by atoms with Gasteiger partial charge in [0.2, 0.25) is 0 Å². The quantitative estimate of drug-likeness (QED) is 0.479. The van der Waals surface area contributed by atoms with Crippen molar-refractivity contribution in [2.24, 2.45) is 11.8 Å². The summed E-state index contributed by atoms with van der Waals surface area (Å²) in [6.45, 7) is 4.31. The summed E-state index contributed by atoms with van der Waals surface area (Å²) in [5.41, 5.74) is 0. The predicted molar refractivity (Wildman–Crippen MR) is 108 cm³/mol. The highest BCUT2D eigenvalue weighted by atomic mass is 31.1. The summed E-state index contributed by atoms with van der Waals surface area (Å²) in [4.78, 5) is 12.0. The molecule has 0 fully saturated rings. The minimum absolute atomic E-state index is 0.0124. The third-order valence-corrected chi connectivity index (χ3v) is 7.52. The molecule has 3 heteroatoms. The average Bonchev–Trinajstić information content (AvgIpc) is 2.69. The van der Waals surface area contributed by atoms with E-state index in [1.54, 1.807) is 0 Å². The molecule has 2 aromatic rings. The number of benzene rings is 2. The number of hydrogen-bond donors (Lipinski definition) is 0. The minimum Gasteiger partial charge on any atom is -0.469 e. The van der Waals surface area contributed by atoms with Crippen LogP contribution in [0.15, 0.2) is 60.7 Å². The van der Waals surface area contributed by atoms with Gasteiger partial charge in [-0.2, -0.15) is 0 Å². The first-order valence-electron chi connectivity index (χ1n) is 9.15. The van der Waals surface area contributed by atoms with Crippen LogP contribution in [0.3, 0.4) is 0 Å². The van der Waals surface area contributed by atoms with Crippen LogP contribution in [0, 0.1) is 11.8 Å². The highest BCUT2D eigenvalue weighted by Gasteiger charge is 2.24. The van der Waals surface area contributed by atoms with Crippen molar-refractivity contribution in [3.63, 3.8) is 0 Å². The van der Waals surface area contributed by atoms with Gasteiger partial charge in [0.1, 0.15) is 0 Å². The van der Waals surface area contributed by atoms with Crippen molar-refractivity contribution in [3.8, 4) is 0 Å². The van der Waals surface area contributed by atoms with E-state index < -0.39 is 7.92 Å². The Bertz CT molecular complexity index is 587. The number of esters is 1. The van der Waals surface area contributed by atoms with E-state index in [0.717, 1.165) is 25.4 Å². The summed E-state index contributed by atoms with van der Waals surface area (Å²) < 4.78 is 4.99. The van der Waals surface area contributed by atoms with Gasteiger partial charge >= 0.3 is 5.97 Å². The van der Waals surface area contributed by atoms with Gasteiger partial charge in [-0.05, 0) is 43.5 Å². The topological polar surface area (TPSA) is 26.3 Å². The molecule has 2 unspecified atom stereocenters. The van der Waals surface area contributed by atoms with Gasteiger partial charge in [0.25, 0.3) is 0 Å². The molecule has 0 heterocycles. The Kier molecular flexibility index (Phi) is 8.15. The van der Waals surface area contributed by atoms with Crippen LogP contribution in [-0.4, -0.2) is 19.2 Å². The lowest BCUT2D eigenvalue weighted by Gasteiger charge is -2.26. The summed E-state index contributed by atoms with van der Waals surface area (Å²) in [6.07, 6.45) is 3.97. The second kappa shape index (κ2) is 10.4. The van der Waals surface area contributed by atoms with Crippen molar-refractivity contribution in [2.75, 3.05) is 13.3 Å². The molecule has 134 valence electrons. The SMILES string of the molecule is CCC(CC(CC)C(=O)OC)CP(c1ccccc1)c1ccccc1. The van der Waals surface area contributed by atoms with Crippen LogP contribution in [0.2, 0.25) is 0 Å². The third kappa shape index (κ3) is 5.68. The van der Waals surface area contributed by atoms with Gasteiger partial charge in [-0.1, -0.05) is 80.9 Å². The molecule has 0 radical (unpaired) electrons. The fourth-order valence-corrected chi connectivity index (χ4v) is 5.91. The summed E-state index contributed by atoms with van der Waals surface area (Å²) in [5.74, 6) is 0.471. The number of hydrogen-bond acceptors (Lipinski definition) is 2. The zero-order chi connectivity index (χ0) is 18.1. The first-order chi connectivity index (χ1) is 12.2. The fraction of sp³-hybridized carbons (Fsp3) is 0.409. The first kappa shape index (κ1) is 19.7. The zero-order valence-electron chi connectivity index (χ0n) is 15.5. The number of rotatable bonds is 9. The number of carbonyl (C=O) groups is 1. The van der Waals surface area contributed by atoms with Crippen LogP contribution in [-0.2, 0) is 9.53 Å². The van der Waals surface area contributed by atoms with E-state index in [9.17, 15) is 4.79 Å². The van der Waals surface area contributed by atoms with Gasteiger partial charge in [-0.3, -0.25) is 4.79 Å². The first-order valence-corrected chi connectivity index (χ1v) is 10.7. The average molecular weight is 356 g/mol. The van der Waals surface area contributed by atoms with Crippen molar-refractivity contribution in [1.82, 2.24) is 0 Å². The smallest absolute Gasteiger partial charge is 0.308 e. The number of methoxy groups -OCH3 is 1. The van der Waals surface area contributed by atoms with Crippen molar-refractivity contribution in [2.45, 2.75) is 33.1 Å². The van der Waals surface area contributed by atoms with Crippen molar-refractivity contribution < 1.29 is 9.53 Å². The van der Waals surface area contributed by atoms with Gasteiger partial charge in [0.15, 0.2) is 0 Å². The Balaban J connectivity index is 2.21. The summed E-state index contributed by atoms with van der Waals surface area (Å²) >= 11 is 0. The Morgan fingerprint density at radius 3 is 1.84 bits per heavy atom. The van der Waals surface area contributed by atoms with E-state index in [-0.39, 0.29) is 11.9 Å². The Hall–Kier alpha value is -1.66.